The largest absolute Gasteiger partial charge is 0.481 e. The normalized spacial score (nSPS) is 10.3. The van der Waals surface area contributed by atoms with Gasteiger partial charge in [-0.2, -0.15) is 11.8 Å². The number of hydrogen-bond donors (Lipinski definition) is 2. The molecule has 0 heterocycles. The zero-order valence-electron chi connectivity index (χ0n) is 11.9. The molecular formula is C15H21NO3S. The average Bonchev–Trinajstić information content (AvgIpc) is 2.38. The maximum absolute atomic E-state index is 11.8. The van der Waals surface area contributed by atoms with Crippen LogP contribution in [0, 0.1) is 13.8 Å². The van der Waals surface area contributed by atoms with Gasteiger partial charge in [-0.3, -0.25) is 9.59 Å². The molecule has 2 N–H and O–H groups in total. The molecule has 0 spiro atoms. The van der Waals surface area contributed by atoms with E-state index in [2.05, 4.69) is 5.32 Å². The smallest absolute Gasteiger partial charge is 0.303 e. The minimum absolute atomic E-state index is 0.00867. The molecule has 0 aliphatic carbocycles. The first-order chi connectivity index (χ1) is 9.50. The van der Waals surface area contributed by atoms with Crippen molar-refractivity contribution in [2.75, 3.05) is 16.8 Å². The van der Waals surface area contributed by atoms with E-state index in [4.69, 9.17) is 5.11 Å². The molecule has 0 aliphatic rings. The average molecular weight is 295 g/mol. The van der Waals surface area contributed by atoms with Crippen molar-refractivity contribution in [2.24, 2.45) is 0 Å². The van der Waals surface area contributed by atoms with E-state index in [0.717, 1.165) is 29.0 Å². The number of carboxylic acid groups (broad SMARTS) is 1. The van der Waals surface area contributed by atoms with Gasteiger partial charge in [-0.1, -0.05) is 18.2 Å². The molecule has 0 unspecified atom stereocenters. The number of benzene rings is 1. The number of amides is 1. The Morgan fingerprint density at radius 3 is 2.45 bits per heavy atom. The molecule has 5 heteroatoms. The van der Waals surface area contributed by atoms with Crippen LogP contribution in [0.1, 0.15) is 30.4 Å². The Labute approximate surface area is 124 Å². The van der Waals surface area contributed by atoms with Gasteiger partial charge in [0, 0.05) is 12.1 Å². The van der Waals surface area contributed by atoms with Gasteiger partial charge >= 0.3 is 5.97 Å². The summed E-state index contributed by atoms with van der Waals surface area (Å²) in [7, 11) is 0. The molecule has 1 aromatic rings. The van der Waals surface area contributed by atoms with Crippen molar-refractivity contribution < 1.29 is 14.7 Å². The Kier molecular flexibility index (Phi) is 7.15. The van der Waals surface area contributed by atoms with Crippen molar-refractivity contribution >= 4 is 29.3 Å². The van der Waals surface area contributed by atoms with Crippen molar-refractivity contribution in [2.45, 2.75) is 33.1 Å². The number of unbranched alkanes of at least 4 members (excludes halogenated alkanes) is 1. The first kappa shape index (κ1) is 16.6. The molecule has 1 aromatic carbocycles. The van der Waals surface area contributed by atoms with E-state index in [-0.39, 0.29) is 12.3 Å². The number of carbonyl (C=O) groups is 2. The molecule has 0 aromatic heterocycles. The van der Waals surface area contributed by atoms with Gasteiger partial charge in [-0.25, -0.2) is 0 Å². The molecular weight excluding hydrogens is 274 g/mol. The number of nitrogens with one attached hydrogen (secondary N) is 1. The number of anilines is 1. The molecule has 110 valence electrons. The minimum atomic E-state index is -0.761. The zero-order valence-corrected chi connectivity index (χ0v) is 12.8. The van der Waals surface area contributed by atoms with Crippen LogP contribution < -0.4 is 5.32 Å². The lowest BCUT2D eigenvalue weighted by atomic mass is 10.1. The van der Waals surface area contributed by atoms with Crippen LogP contribution in [0.15, 0.2) is 18.2 Å². The second-order valence-electron chi connectivity index (χ2n) is 4.72. The molecule has 4 nitrogen and oxygen atoms in total. The second-order valence-corrected chi connectivity index (χ2v) is 5.82. The Hall–Kier alpha value is -1.49. The molecule has 0 atom stereocenters. The van der Waals surface area contributed by atoms with Crippen molar-refractivity contribution in [1.29, 1.82) is 0 Å². The molecule has 0 radical (unpaired) electrons. The fourth-order valence-electron chi connectivity index (χ4n) is 1.83. The third-order valence-corrected chi connectivity index (χ3v) is 3.95. The highest BCUT2D eigenvalue weighted by Gasteiger charge is 2.07. The van der Waals surface area contributed by atoms with Crippen molar-refractivity contribution in [3.8, 4) is 0 Å². The number of aryl methyl sites for hydroxylation is 2. The van der Waals surface area contributed by atoms with E-state index in [1.54, 1.807) is 0 Å². The summed E-state index contributed by atoms with van der Waals surface area (Å²) in [6, 6.07) is 5.92. The maximum Gasteiger partial charge on any atom is 0.303 e. The lowest BCUT2D eigenvalue weighted by Gasteiger charge is -2.11. The summed E-state index contributed by atoms with van der Waals surface area (Å²) in [4.78, 5) is 22.2. The van der Waals surface area contributed by atoms with Crippen LogP contribution in [0.25, 0.3) is 0 Å². The summed E-state index contributed by atoms with van der Waals surface area (Å²) in [6.07, 6.45) is 1.70. The summed E-state index contributed by atoms with van der Waals surface area (Å²) in [6.45, 7) is 3.95. The molecule has 0 saturated heterocycles. The van der Waals surface area contributed by atoms with Crippen LogP contribution in [0.3, 0.4) is 0 Å². The fraction of sp³-hybridized carbons (Fsp3) is 0.467. The molecule has 1 amide bonds. The van der Waals surface area contributed by atoms with Gasteiger partial charge < -0.3 is 10.4 Å². The van der Waals surface area contributed by atoms with Crippen molar-refractivity contribution in [3.63, 3.8) is 0 Å². The molecule has 0 aliphatic heterocycles. The lowest BCUT2D eigenvalue weighted by Crippen LogP contribution is -2.16. The van der Waals surface area contributed by atoms with E-state index in [0.29, 0.717) is 12.2 Å². The van der Waals surface area contributed by atoms with E-state index < -0.39 is 5.97 Å². The van der Waals surface area contributed by atoms with Gasteiger partial charge in [0.25, 0.3) is 0 Å². The highest BCUT2D eigenvalue weighted by Crippen LogP contribution is 2.19. The Morgan fingerprint density at radius 1 is 1.20 bits per heavy atom. The summed E-state index contributed by atoms with van der Waals surface area (Å²) in [5.41, 5.74) is 3.01. The van der Waals surface area contributed by atoms with Crippen LogP contribution in [0.2, 0.25) is 0 Å². The number of para-hydroxylation sites is 1. The molecule has 0 fully saturated rings. The maximum atomic E-state index is 11.8. The predicted molar refractivity (Wildman–Crippen MR) is 83.4 cm³/mol. The lowest BCUT2D eigenvalue weighted by molar-refractivity contribution is -0.137. The van der Waals surface area contributed by atoms with E-state index in [9.17, 15) is 9.59 Å². The summed E-state index contributed by atoms with van der Waals surface area (Å²) < 4.78 is 0. The minimum Gasteiger partial charge on any atom is -0.481 e. The number of aliphatic carboxylic acids is 1. The first-order valence-corrected chi connectivity index (χ1v) is 7.82. The van der Waals surface area contributed by atoms with Gasteiger partial charge in [0.05, 0.1) is 5.75 Å². The number of rotatable bonds is 8. The summed E-state index contributed by atoms with van der Waals surface area (Å²) in [5.74, 6) is 0.447. The van der Waals surface area contributed by atoms with Gasteiger partial charge in [-0.05, 0) is 43.6 Å². The molecule has 1 rings (SSSR count). The van der Waals surface area contributed by atoms with Crippen LogP contribution >= 0.6 is 11.8 Å². The molecule has 0 saturated carbocycles. The number of carbonyl (C=O) groups excluding carboxylic acids is 1. The quantitative estimate of drug-likeness (QED) is 0.723. The van der Waals surface area contributed by atoms with Crippen LogP contribution in [-0.4, -0.2) is 28.5 Å². The van der Waals surface area contributed by atoms with E-state index in [1.807, 2.05) is 32.0 Å². The molecule has 20 heavy (non-hydrogen) atoms. The fourth-order valence-corrected chi connectivity index (χ4v) is 2.64. The highest BCUT2D eigenvalue weighted by molar-refractivity contribution is 7.99. The standard InChI is InChI=1S/C15H21NO3S/c1-11-6-5-7-12(2)15(11)16-13(17)10-20-9-4-3-8-14(18)19/h5-7H,3-4,8-10H2,1-2H3,(H,16,17)(H,18,19). The Bertz CT molecular complexity index is 454. The third-order valence-electron chi connectivity index (χ3n) is 2.91. The SMILES string of the molecule is Cc1cccc(C)c1NC(=O)CSCCCCC(=O)O. The molecule has 0 bridgehead atoms. The third kappa shape index (κ3) is 6.10. The zero-order chi connectivity index (χ0) is 15.0. The summed E-state index contributed by atoms with van der Waals surface area (Å²) >= 11 is 1.54. The van der Waals surface area contributed by atoms with Crippen LogP contribution in [0.5, 0.6) is 0 Å². The first-order valence-electron chi connectivity index (χ1n) is 6.66. The Morgan fingerprint density at radius 2 is 1.85 bits per heavy atom. The van der Waals surface area contributed by atoms with Gasteiger partial charge in [-0.15, -0.1) is 0 Å². The van der Waals surface area contributed by atoms with Gasteiger partial charge in [0.2, 0.25) is 5.91 Å². The summed E-state index contributed by atoms with van der Waals surface area (Å²) in [5, 5.41) is 11.4. The van der Waals surface area contributed by atoms with E-state index in [1.165, 1.54) is 11.8 Å². The van der Waals surface area contributed by atoms with E-state index >= 15 is 0 Å². The topological polar surface area (TPSA) is 66.4 Å². The highest BCUT2D eigenvalue weighted by atomic mass is 32.2. The predicted octanol–water partition coefficient (Wildman–Crippen LogP) is 3.23. The van der Waals surface area contributed by atoms with Crippen LogP contribution in [0.4, 0.5) is 5.69 Å². The number of thioether (sulfide) groups is 1. The van der Waals surface area contributed by atoms with Crippen LogP contribution in [-0.2, 0) is 9.59 Å². The van der Waals surface area contributed by atoms with Crippen molar-refractivity contribution in [1.82, 2.24) is 0 Å². The monoisotopic (exact) mass is 295 g/mol. The van der Waals surface area contributed by atoms with Gasteiger partial charge in [0.1, 0.15) is 0 Å². The Balaban J connectivity index is 2.25. The van der Waals surface area contributed by atoms with Crippen molar-refractivity contribution in [3.05, 3.63) is 29.3 Å². The number of hydrogen-bond acceptors (Lipinski definition) is 3. The number of carboxylic acids is 1. The van der Waals surface area contributed by atoms with Gasteiger partial charge in [0.15, 0.2) is 0 Å². The second kappa shape index (κ2) is 8.64.